The Labute approximate surface area is 106 Å². The lowest BCUT2D eigenvalue weighted by molar-refractivity contribution is 0.629. The summed E-state index contributed by atoms with van der Waals surface area (Å²) in [5.74, 6) is -0.463. The summed E-state index contributed by atoms with van der Waals surface area (Å²) in [5, 5.41) is 9.14. The highest BCUT2D eigenvalue weighted by Gasteiger charge is 2.11. The SMILES string of the molecule is CC(Cl)c1nnc(-c2ccc(Cl)c(F)c2)s1. The van der Waals surface area contributed by atoms with Gasteiger partial charge in [0.2, 0.25) is 0 Å². The van der Waals surface area contributed by atoms with Crippen LogP contribution in [0.4, 0.5) is 4.39 Å². The van der Waals surface area contributed by atoms with Gasteiger partial charge >= 0.3 is 0 Å². The Balaban J connectivity index is 2.39. The fraction of sp³-hybridized carbons (Fsp3) is 0.200. The first-order chi connectivity index (χ1) is 7.58. The molecule has 1 aromatic heterocycles. The topological polar surface area (TPSA) is 25.8 Å². The molecule has 2 nitrogen and oxygen atoms in total. The molecule has 1 aromatic carbocycles. The smallest absolute Gasteiger partial charge is 0.147 e. The zero-order valence-electron chi connectivity index (χ0n) is 8.25. The number of rotatable bonds is 2. The second kappa shape index (κ2) is 4.65. The largest absolute Gasteiger partial charge is 0.205 e. The van der Waals surface area contributed by atoms with Crippen molar-refractivity contribution in [3.8, 4) is 10.6 Å². The van der Waals surface area contributed by atoms with Gasteiger partial charge in [-0.1, -0.05) is 29.0 Å². The average molecular weight is 277 g/mol. The number of hydrogen-bond donors (Lipinski definition) is 0. The van der Waals surface area contributed by atoms with E-state index in [-0.39, 0.29) is 10.4 Å². The number of alkyl halides is 1. The highest BCUT2D eigenvalue weighted by molar-refractivity contribution is 7.15. The third-order valence-corrected chi connectivity index (χ3v) is 3.75. The third-order valence-electron chi connectivity index (χ3n) is 1.95. The molecule has 6 heteroatoms. The summed E-state index contributed by atoms with van der Waals surface area (Å²) in [7, 11) is 0. The molecule has 0 aliphatic rings. The van der Waals surface area contributed by atoms with Crippen LogP contribution >= 0.6 is 34.5 Å². The molecule has 0 amide bonds. The van der Waals surface area contributed by atoms with Gasteiger partial charge in [-0.05, 0) is 19.1 Å². The van der Waals surface area contributed by atoms with Gasteiger partial charge in [0.05, 0.1) is 10.4 Å². The van der Waals surface area contributed by atoms with E-state index in [4.69, 9.17) is 23.2 Å². The predicted molar refractivity (Wildman–Crippen MR) is 64.6 cm³/mol. The molecule has 16 heavy (non-hydrogen) atoms. The Morgan fingerprint density at radius 3 is 2.69 bits per heavy atom. The molecule has 0 saturated heterocycles. The number of aromatic nitrogens is 2. The van der Waals surface area contributed by atoms with Gasteiger partial charge in [-0.2, -0.15) is 0 Å². The average Bonchev–Trinajstić information content (AvgIpc) is 2.71. The molecule has 0 radical (unpaired) electrons. The van der Waals surface area contributed by atoms with Gasteiger partial charge in [0.25, 0.3) is 0 Å². The van der Waals surface area contributed by atoms with E-state index in [2.05, 4.69) is 10.2 Å². The second-order valence-corrected chi connectivity index (χ2v) is 5.26. The third kappa shape index (κ3) is 2.34. The molecule has 0 spiro atoms. The summed E-state index contributed by atoms with van der Waals surface area (Å²) in [4.78, 5) is 0. The van der Waals surface area contributed by atoms with Gasteiger partial charge in [0.15, 0.2) is 0 Å². The van der Waals surface area contributed by atoms with E-state index in [1.54, 1.807) is 6.07 Å². The van der Waals surface area contributed by atoms with Crippen molar-refractivity contribution in [1.29, 1.82) is 0 Å². The van der Waals surface area contributed by atoms with Crippen molar-refractivity contribution in [2.24, 2.45) is 0 Å². The summed E-state index contributed by atoms with van der Waals surface area (Å²) >= 11 is 12.8. The molecule has 2 aromatic rings. The Hall–Kier alpha value is -0.710. The molecule has 0 bridgehead atoms. The van der Waals surface area contributed by atoms with E-state index in [9.17, 15) is 4.39 Å². The van der Waals surface area contributed by atoms with Crippen LogP contribution in [0.15, 0.2) is 18.2 Å². The lowest BCUT2D eigenvalue weighted by Gasteiger charge is -1.97. The predicted octanol–water partition coefficient (Wildman–Crippen LogP) is 4.30. The van der Waals surface area contributed by atoms with Crippen LogP contribution in [0.25, 0.3) is 10.6 Å². The Kier molecular flexibility index (Phi) is 3.42. The van der Waals surface area contributed by atoms with Gasteiger partial charge in [0.1, 0.15) is 15.8 Å². The zero-order chi connectivity index (χ0) is 11.7. The van der Waals surface area contributed by atoms with Crippen LogP contribution in [0.2, 0.25) is 5.02 Å². The fourth-order valence-corrected chi connectivity index (χ4v) is 2.20. The molecule has 0 aliphatic carbocycles. The fourth-order valence-electron chi connectivity index (χ4n) is 1.14. The number of benzene rings is 1. The minimum absolute atomic E-state index is 0.0965. The van der Waals surface area contributed by atoms with Crippen molar-refractivity contribution in [3.05, 3.63) is 34.0 Å². The molecular weight excluding hydrogens is 270 g/mol. The first-order valence-electron chi connectivity index (χ1n) is 4.51. The molecule has 0 N–H and O–H groups in total. The van der Waals surface area contributed by atoms with Gasteiger partial charge in [-0.3, -0.25) is 0 Å². The maximum Gasteiger partial charge on any atom is 0.147 e. The van der Waals surface area contributed by atoms with E-state index in [1.807, 2.05) is 6.92 Å². The van der Waals surface area contributed by atoms with Gasteiger partial charge < -0.3 is 0 Å². The van der Waals surface area contributed by atoms with Crippen molar-refractivity contribution < 1.29 is 4.39 Å². The summed E-state index contributed by atoms with van der Waals surface area (Å²) in [6, 6.07) is 4.54. The van der Waals surface area contributed by atoms with E-state index < -0.39 is 5.82 Å². The molecule has 0 aliphatic heterocycles. The maximum atomic E-state index is 13.2. The highest BCUT2D eigenvalue weighted by atomic mass is 35.5. The molecule has 0 saturated carbocycles. The van der Waals surface area contributed by atoms with Gasteiger partial charge in [-0.15, -0.1) is 21.8 Å². The van der Waals surface area contributed by atoms with Crippen molar-refractivity contribution in [2.45, 2.75) is 12.3 Å². The van der Waals surface area contributed by atoms with Crippen molar-refractivity contribution >= 4 is 34.5 Å². The summed E-state index contributed by atoms with van der Waals surface area (Å²) in [5.41, 5.74) is 0.656. The van der Waals surface area contributed by atoms with Crippen molar-refractivity contribution in [3.63, 3.8) is 0 Å². The Bertz CT molecular complexity index is 513. The lowest BCUT2D eigenvalue weighted by Crippen LogP contribution is -1.81. The molecule has 84 valence electrons. The summed E-state index contributed by atoms with van der Waals surface area (Å²) < 4.78 is 13.2. The van der Waals surface area contributed by atoms with E-state index in [0.717, 1.165) is 0 Å². The van der Waals surface area contributed by atoms with E-state index >= 15 is 0 Å². The van der Waals surface area contributed by atoms with E-state index in [1.165, 1.54) is 23.5 Å². The Morgan fingerprint density at radius 1 is 1.38 bits per heavy atom. The van der Waals surface area contributed by atoms with Crippen LogP contribution in [0.5, 0.6) is 0 Å². The Morgan fingerprint density at radius 2 is 2.12 bits per heavy atom. The van der Waals surface area contributed by atoms with Gasteiger partial charge in [0, 0.05) is 5.56 Å². The number of halogens is 3. The molecule has 2 rings (SSSR count). The van der Waals surface area contributed by atoms with Gasteiger partial charge in [-0.25, -0.2) is 4.39 Å². The summed E-state index contributed by atoms with van der Waals surface area (Å²) in [6.07, 6.45) is 0. The monoisotopic (exact) mass is 276 g/mol. The van der Waals surface area contributed by atoms with E-state index in [0.29, 0.717) is 15.6 Å². The molecule has 1 atom stereocenters. The minimum Gasteiger partial charge on any atom is -0.205 e. The first kappa shape index (κ1) is 11.8. The van der Waals surface area contributed by atoms with Crippen LogP contribution in [-0.2, 0) is 0 Å². The van der Waals surface area contributed by atoms with Crippen LogP contribution in [0, 0.1) is 5.82 Å². The molecular formula is C10H7Cl2FN2S. The standard InChI is InChI=1S/C10H7Cl2FN2S/c1-5(11)9-14-15-10(16-9)6-2-3-7(12)8(13)4-6/h2-5H,1H3. The zero-order valence-corrected chi connectivity index (χ0v) is 10.6. The first-order valence-corrected chi connectivity index (χ1v) is 6.14. The number of nitrogens with zero attached hydrogens (tertiary/aromatic N) is 2. The number of hydrogen-bond acceptors (Lipinski definition) is 3. The lowest BCUT2D eigenvalue weighted by atomic mass is 10.2. The van der Waals surface area contributed by atoms with Crippen LogP contribution in [0.3, 0.4) is 0 Å². The molecule has 0 fully saturated rings. The molecule has 1 unspecified atom stereocenters. The van der Waals surface area contributed by atoms with Crippen LogP contribution in [-0.4, -0.2) is 10.2 Å². The maximum absolute atomic E-state index is 13.2. The normalized spacial score (nSPS) is 12.8. The minimum atomic E-state index is -0.463. The quantitative estimate of drug-likeness (QED) is 0.765. The highest BCUT2D eigenvalue weighted by Crippen LogP contribution is 2.30. The molecule has 1 heterocycles. The van der Waals surface area contributed by atoms with Crippen LogP contribution < -0.4 is 0 Å². The van der Waals surface area contributed by atoms with Crippen molar-refractivity contribution in [1.82, 2.24) is 10.2 Å². The summed E-state index contributed by atoms with van der Waals surface area (Å²) in [6.45, 7) is 1.81. The van der Waals surface area contributed by atoms with Crippen LogP contribution in [0.1, 0.15) is 17.3 Å². The van der Waals surface area contributed by atoms with Crippen molar-refractivity contribution in [2.75, 3.05) is 0 Å². The second-order valence-electron chi connectivity index (χ2n) is 3.19.